The SMILES string of the molecule is C=CC#CC1=CC=C(C)CC1.CCOC(C)=O. The number of hydrogen-bond acceptors (Lipinski definition) is 2. The Morgan fingerprint density at radius 2 is 2.24 bits per heavy atom. The molecule has 0 amide bonds. The van der Waals surface area contributed by atoms with Crippen LogP contribution in [-0.2, 0) is 9.53 Å². The minimum absolute atomic E-state index is 0.211. The number of ether oxygens (including phenoxy) is 1. The van der Waals surface area contributed by atoms with Crippen molar-refractivity contribution < 1.29 is 9.53 Å². The first-order chi connectivity index (χ1) is 8.10. The van der Waals surface area contributed by atoms with Crippen LogP contribution in [0.1, 0.15) is 33.6 Å². The standard InChI is InChI=1S/C11H12.C4H8O2/c1-3-4-5-11-8-6-10(2)7-9-11;1-3-6-4(2)5/h3,6,8H,1,7,9H2,2H3;3H2,1-2H3. The van der Waals surface area contributed by atoms with Gasteiger partial charge in [0.1, 0.15) is 0 Å². The molecule has 0 fully saturated rings. The molecule has 1 rings (SSSR count). The molecule has 0 atom stereocenters. The molecule has 0 N–H and O–H groups in total. The minimum Gasteiger partial charge on any atom is -0.466 e. The highest BCUT2D eigenvalue weighted by Crippen LogP contribution is 2.16. The third-order valence-electron chi connectivity index (χ3n) is 2.04. The third-order valence-corrected chi connectivity index (χ3v) is 2.04. The molecule has 0 aromatic heterocycles. The molecule has 92 valence electrons. The van der Waals surface area contributed by atoms with E-state index in [1.165, 1.54) is 18.1 Å². The van der Waals surface area contributed by atoms with Gasteiger partial charge < -0.3 is 4.74 Å². The van der Waals surface area contributed by atoms with Gasteiger partial charge in [0.05, 0.1) is 6.61 Å². The second kappa shape index (κ2) is 9.47. The van der Waals surface area contributed by atoms with E-state index in [1.54, 1.807) is 13.0 Å². The first-order valence-electron chi connectivity index (χ1n) is 5.72. The first-order valence-corrected chi connectivity index (χ1v) is 5.72. The predicted molar refractivity (Wildman–Crippen MR) is 71.4 cm³/mol. The van der Waals surface area contributed by atoms with Crippen molar-refractivity contribution in [3.63, 3.8) is 0 Å². The van der Waals surface area contributed by atoms with E-state index in [4.69, 9.17) is 0 Å². The fourth-order valence-electron chi connectivity index (χ4n) is 1.19. The van der Waals surface area contributed by atoms with Gasteiger partial charge in [-0.2, -0.15) is 0 Å². The van der Waals surface area contributed by atoms with Gasteiger partial charge in [-0.15, -0.1) is 0 Å². The second-order valence-electron chi connectivity index (χ2n) is 3.60. The fourth-order valence-corrected chi connectivity index (χ4v) is 1.19. The summed E-state index contributed by atoms with van der Waals surface area (Å²) in [6.07, 6.45) is 8.10. The maximum Gasteiger partial charge on any atom is 0.302 e. The summed E-state index contributed by atoms with van der Waals surface area (Å²) < 4.78 is 4.40. The Kier molecular flexibility index (Phi) is 8.50. The Hall–Kier alpha value is -1.75. The van der Waals surface area contributed by atoms with Crippen LogP contribution in [0.15, 0.2) is 36.0 Å². The first kappa shape index (κ1) is 15.2. The highest BCUT2D eigenvalue weighted by atomic mass is 16.5. The Labute approximate surface area is 104 Å². The highest BCUT2D eigenvalue weighted by Gasteiger charge is 1.98. The average molecular weight is 232 g/mol. The van der Waals surface area contributed by atoms with E-state index in [1.807, 2.05) is 0 Å². The summed E-state index contributed by atoms with van der Waals surface area (Å²) in [5.74, 6) is 5.68. The molecule has 17 heavy (non-hydrogen) atoms. The Morgan fingerprint density at radius 3 is 2.59 bits per heavy atom. The van der Waals surface area contributed by atoms with Gasteiger partial charge in [-0.3, -0.25) is 4.79 Å². The van der Waals surface area contributed by atoms with E-state index in [2.05, 4.69) is 42.2 Å². The smallest absolute Gasteiger partial charge is 0.302 e. The lowest BCUT2D eigenvalue weighted by atomic mass is 10.0. The van der Waals surface area contributed by atoms with E-state index in [9.17, 15) is 4.79 Å². The number of carbonyl (C=O) groups is 1. The summed E-state index contributed by atoms with van der Waals surface area (Å²) in [5.41, 5.74) is 2.66. The van der Waals surface area contributed by atoms with E-state index in [-0.39, 0.29) is 5.97 Å². The molecule has 0 spiro atoms. The molecule has 0 unspecified atom stereocenters. The van der Waals surface area contributed by atoms with Crippen LogP contribution in [0, 0.1) is 11.8 Å². The maximum absolute atomic E-state index is 9.82. The molecule has 0 aromatic rings. The van der Waals surface area contributed by atoms with Gasteiger partial charge in [0.25, 0.3) is 0 Å². The molecular weight excluding hydrogens is 212 g/mol. The van der Waals surface area contributed by atoms with Gasteiger partial charge >= 0.3 is 5.97 Å². The van der Waals surface area contributed by atoms with Crippen LogP contribution in [0.5, 0.6) is 0 Å². The van der Waals surface area contributed by atoms with Crippen molar-refractivity contribution in [2.75, 3.05) is 6.61 Å². The lowest BCUT2D eigenvalue weighted by Crippen LogP contribution is -1.95. The predicted octanol–water partition coefficient (Wildman–Crippen LogP) is 3.41. The molecule has 0 saturated carbocycles. The average Bonchev–Trinajstić information content (AvgIpc) is 2.29. The Balaban J connectivity index is 0.000000366. The number of carbonyl (C=O) groups excluding carboxylic acids is 1. The largest absolute Gasteiger partial charge is 0.466 e. The van der Waals surface area contributed by atoms with E-state index in [0.29, 0.717) is 6.61 Å². The zero-order chi connectivity index (χ0) is 13.1. The van der Waals surface area contributed by atoms with Crippen molar-refractivity contribution in [1.29, 1.82) is 0 Å². The van der Waals surface area contributed by atoms with Crippen LogP contribution < -0.4 is 0 Å². The minimum atomic E-state index is -0.211. The lowest BCUT2D eigenvalue weighted by molar-refractivity contribution is -0.140. The van der Waals surface area contributed by atoms with Crippen molar-refractivity contribution >= 4 is 5.97 Å². The van der Waals surface area contributed by atoms with Gasteiger partial charge in [0.15, 0.2) is 0 Å². The van der Waals surface area contributed by atoms with Crippen LogP contribution in [0.3, 0.4) is 0 Å². The van der Waals surface area contributed by atoms with E-state index >= 15 is 0 Å². The van der Waals surface area contributed by atoms with Crippen LogP contribution in [0.2, 0.25) is 0 Å². The molecule has 0 bridgehead atoms. The van der Waals surface area contributed by atoms with Gasteiger partial charge in [0.2, 0.25) is 0 Å². The zero-order valence-corrected chi connectivity index (χ0v) is 10.9. The van der Waals surface area contributed by atoms with Crippen molar-refractivity contribution in [3.05, 3.63) is 36.0 Å². The van der Waals surface area contributed by atoms with Crippen molar-refractivity contribution in [3.8, 4) is 11.8 Å². The highest BCUT2D eigenvalue weighted by molar-refractivity contribution is 5.65. The quantitative estimate of drug-likeness (QED) is 0.511. The van der Waals surface area contributed by atoms with Gasteiger partial charge in [0, 0.05) is 12.5 Å². The monoisotopic (exact) mass is 232 g/mol. The van der Waals surface area contributed by atoms with Crippen molar-refractivity contribution in [2.24, 2.45) is 0 Å². The maximum atomic E-state index is 9.82. The summed E-state index contributed by atoms with van der Waals surface area (Å²) in [6, 6.07) is 0. The number of rotatable bonds is 1. The topological polar surface area (TPSA) is 26.3 Å². The Morgan fingerprint density at radius 1 is 1.53 bits per heavy atom. The number of allylic oxidation sites excluding steroid dienone is 5. The van der Waals surface area contributed by atoms with Crippen LogP contribution in [0.25, 0.3) is 0 Å². The molecule has 2 nitrogen and oxygen atoms in total. The number of esters is 1. The molecule has 0 heterocycles. The Bertz CT molecular complexity index is 375. The third kappa shape index (κ3) is 9.19. The summed E-state index contributed by atoms with van der Waals surface area (Å²) >= 11 is 0. The van der Waals surface area contributed by atoms with Crippen LogP contribution in [0.4, 0.5) is 0 Å². The zero-order valence-electron chi connectivity index (χ0n) is 10.9. The van der Waals surface area contributed by atoms with Gasteiger partial charge in [-0.25, -0.2) is 0 Å². The summed E-state index contributed by atoms with van der Waals surface area (Å²) in [4.78, 5) is 9.82. The van der Waals surface area contributed by atoms with Gasteiger partial charge in [-0.05, 0) is 32.8 Å². The second-order valence-corrected chi connectivity index (χ2v) is 3.60. The molecular formula is C15H20O2. The summed E-state index contributed by atoms with van der Waals surface area (Å²) in [7, 11) is 0. The molecule has 1 aliphatic carbocycles. The van der Waals surface area contributed by atoms with Crippen LogP contribution in [-0.4, -0.2) is 12.6 Å². The van der Waals surface area contributed by atoms with E-state index in [0.717, 1.165) is 12.8 Å². The molecule has 0 radical (unpaired) electrons. The fraction of sp³-hybridized carbons (Fsp3) is 0.400. The number of hydrogen-bond donors (Lipinski definition) is 0. The molecule has 2 heteroatoms. The summed E-state index contributed by atoms with van der Waals surface area (Å²) in [5, 5.41) is 0. The lowest BCUT2D eigenvalue weighted by Gasteiger charge is -2.05. The molecule has 0 aromatic carbocycles. The van der Waals surface area contributed by atoms with Crippen molar-refractivity contribution in [2.45, 2.75) is 33.6 Å². The van der Waals surface area contributed by atoms with Crippen LogP contribution >= 0.6 is 0 Å². The van der Waals surface area contributed by atoms with E-state index < -0.39 is 0 Å². The normalized spacial score (nSPS) is 12.9. The summed E-state index contributed by atoms with van der Waals surface area (Å²) in [6.45, 7) is 9.34. The molecule has 0 aliphatic heterocycles. The molecule has 1 aliphatic rings. The van der Waals surface area contributed by atoms with Gasteiger partial charge in [-0.1, -0.05) is 36.1 Å². The van der Waals surface area contributed by atoms with Crippen molar-refractivity contribution in [1.82, 2.24) is 0 Å². The molecule has 0 saturated heterocycles.